The highest BCUT2D eigenvalue weighted by molar-refractivity contribution is 7.12. The number of aromatic nitrogens is 1. The van der Waals surface area contributed by atoms with Crippen molar-refractivity contribution in [1.82, 2.24) is 4.98 Å². The van der Waals surface area contributed by atoms with Gasteiger partial charge < -0.3 is 19.7 Å². The van der Waals surface area contributed by atoms with E-state index in [0.717, 1.165) is 16.2 Å². The predicted octanol–water partition coefficient (Wildman–Crippen LogP) is 3.25. The average molecular weight is 329 g/mol. The van der Waals surface area contributed by atoms with Gasteiger partial charge in [0.25, 0.3) is 0 Å². The van der Waals surface area contributed by atoms with Gasteiger partial charge in [-0.3, -0.25) is 0 Å². The van der Waals surface area contributed by atoms with Crippen LogP contribution in [-0.4, -0.2) is 17.9 Å². The minimum absolute atomic E-state index is 0.186. The van der Waals surface area contributed by atoms with Gasteiger partial charge in [-0.15, -0.1) is 11.3 Å². The normalized spacial score (nSPS) is 11.4. The van der Waals surface area contributed by atoms with Crippen LogP contribution in [0, 0.1) is 0 Å². The summed E-state index contributed by atoms with van der Waals surface area (Å²) in [5, 5.41) is 5.80. The van der Waals surface area contributed by atoms with Crippen LogP contribution >= 0.6 is 11.3 Å². The standard InChI is InChI=1S/C16H15N3O3S/c1-20-13-6-4-11(5-7-13)16-18-12(9-21-16)10-22-19-15(17)14-3-2-8-23-14/h2-9H,10H2,1H3,(H2,17,19). The fourth-order valence-corrected chi connectivity index (χ4v) is 2.50. The summed E-state index contributed by atoms with van der Waals surface area (Å²) in [6, 6.07) is 11.2. The number of amidine groups is 1. The largest absolute Gasteiger partial charge is 0.497 e. The fourth-order valence-electron chi connectivity index (χ4n) is 1.88. The Morgan fingerprint density at radius 3 is 2.83 bits per heavy atom. The SMILES string of the molecule is COc1ccc(-c2nc(CO/N=C(/N)c3cccs3)co2)cc1. The van der Waals surface area contributed by atoms with Gasteiger partial charge in [-0.25, -0.2) is 4.98 Å². The van der Waals surface area contributed by atoms with E-state index in [1.807, 2.05) is 41.8 Å². The summed E-state index contributed by atoms with van der Waals surface area (Å²) in [6.07, 6.45) is 1.54. The van der Waals surface area contributed by atoms with Gasteiger partial charge in [0.05, 0.1) is 12.0 Å². The molecule has 0 atom stereocenters. The summed E-state index contributed by atoms with van der Waals surface area (Å²) in [6.45, 7) is 0.186. The Morgan fingerprint density at radius 2 is 2.13 bits per heavy atom. The molecule has 0 aliphatic heterocycles. The number of oxazole rings is 1. The quantitative estimate of drug-likeness (QED) is 0.426. The molecule has 0 saturated carbocycles. The van der Waals surface area contributed by atoms with E-state index in [4.69, 9.17) is 19.7 Å². The number of methoxy groups -OCH3 is 1. The smallest absolute Gasteiger partial charge is 0.226 e. The highest BCUT2D eigenvalue weighted by atomic mass is 32.1. The first-order chi connectivity index (χ1) is 11.3. The zero-order valence-electron chi connectivity index (χ0n) is 12.4. The second kappa shape index (κ2) is 6.97. The van der Waals surface area contributed by atoms with E-state index in [-0.39, 0.29) is 6.61 Å². The van der Waals surface area contributed by atoms with Crippen LogP contribution in [0.1, 0.15) is 10.6 Å². The molecule has 0 aliphatic rings. The molecule has 0 amide bonds. The first-order valence-electron chi connectivity index (χ1n) is 6.84. The van der Waals surface area contributed by atoms with Gasteiger partial charge >= 0.3 is 0 Å². The maximum atomic E-state index is 5.81. The zero-order chi connectivity index (χ0) is 16.1. The van der Waals surface area contributed by atoms with Crippen LogP contribution in [0.3, 0.4) is 0 Å². The summed E-state index contributed by atoms with van der Waals surface area (Å²) < 4.78 is 10.6. The first-order valence-corrected chi connectivity index (χ1v) is 7.72. The molecular weight excluding hydrogens is 314 g/mol. The Morgan fingerprint density at radius 1 is 1.30 bits per heavy atom. The lowest BCUT2D eigenvalue weighted by atomic mass is 10.2. The molecule has 0 radical (unpaired) electrons. The molecule has 0 saturated heterocycles. The Kier molecular flexibility index (Phi) is 4.58. The van der Waals surface area contributed by atoms with Crippen molar-refractivity contribution >= 4 is 17.2 Å². The zero-order valence-corrected chi connectivity index (χ0v) is 13.2. The molecule has 23 heavy (non-hydrogen) atoms. The minimum Gasteiger partial charge on any atom is -0.497 e. The lowest BCUT2D eigenvalue weighted by Gasteiger charge is -1.99. The van der Waals surface area contributed by atoms with E-state index in [1.54, 1.807) is 7.11 Å². The summed E-state index contributed by atoms with van der Waals surface area (Å²) in [5.41, 5.74) is 7.30. The summed E-state index contributed by atoms with van der Waals surface area (Å²) >= 11 is 1.50. The maximum Gasteiger partial charge on any atom is 0.226 e. The van der Waals surface area contributed by atoms with E-state index in [1.165, 1.54) is 17.6 Å². The Hall–Kier alpha value is -2.80. The molecule has 0 aliphatic carbocycles. The number of nitrogens with zero attached hydrogens (tertiary/aromatic N) is 2. The summed E-state index contributed by atoms with van der Waals surface area (Å²) in [4.78, 5) is 10.4. The summed E-state index contributed by atoms with van der Waals surface area (Å²) in [7, 11) is 1.62. The number of thiophene rings is 1. The van der Waals surface area contributed by atoms with E-state index in [0.29, 0.717) is 17.4 Å². The van der Waals surface area contributed by atoms with Crippen LogP contribution in [0.5, 0.6) is 5.75 Å². The number of ether oxygens (including phenoxy) is 1. The maximum absolute atomic E-state index is 5.81. The van der Waals surface area contributed by atoms with Gasteiger partial charge in [-0.2, -0.15) is 0 Å². The molecular formula is C16H15N3O3S. The van der Waals surface area contributed by atoms with Gasteiger partial charge in [0.15, 0.2) is 12.4 Å². The van der Waals surface area contributed by atoms with Crippen molar-refractivity contribution in [1.29, 1.82) is 0 Å². The van der Waals surface area contributed by atoms with E-state index >= 15 is 0 Å². The molecule has 1 aromatic carbocycles. The lowest BCUT2D eigenvalue weighted by molar-refractivity contribution is 0.127. The third-order valence-corrected chi connectivity index (χ3v) is 3.93. The molecule has 0 fully saturated rings. The molecule has 2 aromatic heterocycles. The van der Waals surface area contributed by atoms with E-state index in [2.05, 4.69) is 10.1 Å². The van der Waals surface area contributed by atoms with Crippen molar-refractivity contribution in [2.75, 3.05) is 7.11 Å². The van der Waals surface area contributed by atoms with Crippen LogP contribution in [0.25, 0.3) is 11.5 Å². The molecule has 6 nitrogen and oxygen atoms in total. The van der Waals surface area contributed by atoms with Crippen LogP contribution in [0.2, 0.25) is 0 Å². The van der Waals surface area contributed by atoms with Gasteiger partial charge in [-0.1, -0.05) is 11.2 Å². The highest BCUT2D eigenvalue weighted by Gasteiger charge is 2.07. The molecule has 2 heterocycles. The second-order valence-corrected chi connectivity index (χ2v) is 5.55. The molecule has 118 valence electrons. The van der Waals surface area contributed by atoms with Gasteiger partial charge in [-0.05, 0) is 35.7 Å². The average Bonchev–Trinajstić information content (AvgIpc) is 3.27. The summed E-state index contributed by atoms with van der Waals surface area (Å²) in [5.74, 6) is 1.64. The van der Waals surface area contributed by atoms with E-state index in [9.17, 15) is 0 Å². The monoisotopic (exact) mass is 329 g/mol. The van der Waals surface area contributed by atoms with Crippen molar-refractivity contribution in [3.8, 4) is 17.2 Å². The van der Waals surface area contributed by atoms with Crippen molar-refractivity contribution in [3.05, 3.63) is 58.6 Å². The topological polar surface area (TPSA) is 82.9 Å². The molecule has 3 rings (SSSR count). The molecule has 0 spiro atoms. The number of hydrogen-bond donors (Lipinski definition) is 1. The number of oxime groups is 1. The third-order valence-electron chi connectivity index (χ3n) is 3.04. The first kappa shape index (κ1) is 15.1. The van der Waals surface area contributed by atoms with Crippen LogP contribution < -0.4 is 10.5 Å². The van der Waals surface area contributed by atoms with Crippen LogP contribution in [0.15, 0.2) is 57.6 Å². The number of benzene rings is 1. The second-order valence-electron chi connectivity index (χ2n) is 4.60. The highest BCUT2D eigenvalue weighted by Crippen LogP contribution is 2.22. The van der Waals surface area contributed by atoms with Crippen molar-refractivity contribution < 1.29 is 14.0 Å². The van der Waals surface area contributed by atoms with Gasteiger partial charge in [0.2, 0.25) is 5.89 Å². The van der Waals surface area contributed by atoms with Crippen molar-refractivity contribution in [2.45, 2.75) is 6.61 Å². The molecule has 3 aromatic rings. The minimum atomic E-state index is 0.186. The number of nitrogens with two attached hydrogens (primary N) is 1. The Labute approximate surface area is 137 Å². The predicted molar refractivity (Wildman–Crippen MR) is 88.3 cm³/mol. The molecule has 7 heteroatoms. The number of rotatable bonds is 6. The van der Waals surface area contributed by atoms with Crippen LogP contribution in [-0.2, 0) is 11.4 Å². The van der Waals surface area contributed by atoms with Gasteiger partial charge in [0, 0.05) is 5.56 Å². The Balaban J connectivity index is 1.62. The van der Waals surface area contributed by atoms with Crippen LogP contribution in [0.4, 0.5) is 0 Å². The number of hydrogen-bond acceptors (Lipinski definition) is 6. The molecule has 2 N–H and O–H groups in total. The van der Waals surface area contributed by atoms with Gasteiger partial charge in [0.1, 0.15) is 17.7 Å². The Bertz CT molecular complexity index is 779. The molecule has 0 unspecified atom stereocenters. The lowest BCUT2D eigenvalue weighted by Crippen LogP contribution is -2.11. The fraction of sp³-hybridized carbons (Fsp3) is 0.125. The van der Waals surface area contributed by atoms with Crippen molar-refractivity contribution in [2.24, 2.45) is 10.9 Å². The van der Waals surface area contributed by atoms with Crippen molar-refractivity contribution in [3.63, 3.8) is 0 Å². The molecule has 0 bridgehead atoms. The third kappa shape index (κ3) is 3.70. The van der Waals surface area contributed by atoms with E-state index < -0.39 is 0 Å².